The molecule has 0 aliphatic heterocycles. The van der Waals surface area contributed by atoms with Crippen LogP contribution in [0.15, 0.2) is 46.3 Å². The van der Waals surface area contributed by atoms with Gasteiger partial charge in [-0.15, -0.1) is 11.3 Å². The normalized spacial score (nSPS) is 12.0. The molecule has 24 heavy (non-hydrogen) atoms. The van der Waals surface area contributed by atoms with E-state index < -0.39 is 10.0 Å². The summed E-state index contributed by atoms with van der Waals surface area (Å²) in [5, 5.41) is 6.29. The summed E-state index contributed by atoms with van der Waals surface area (Å²) in [4.78, 5) is 5.10. The highest BCUT2D eigenvalue weighted by atomic mass is 35.5. The molecule has 126 valence electrons. The van der Waals surface area contributed by atoms with Crippen LogP contribution in [-0.2, 0) is 22.3 Å². The summed E-state index contributed by atoms with van der Waals surface area (Å²) < 4.78 is 31.2. The molecule has 0 amide bonds. The molecule has 0 atom stereocenters. The predicted octanol–water partition coefficient (Wildman–Crippen LogP) is 3.41. The van der Waals surface area contributed by atoms with Gasteiger partial charge >= 0.3 is 0 Å². The van der Waals surface area contributed by atoms with Gasteiger partial charge in [0.25, 0.3) is 0 Å². The molecule has 6 nitrogen and oxygen atoms in total. The van der Waals surface area contributed by atoms with Crippen LogP contribution in [0, 0.1) is 0 Å². The van der Waals surface area contributed by atoms with Crippen molar-refractivity contribution in [3.8, 4) is 10.7 Å². The van der Waals surface area contributed by atoms with Crippen molar-refractivity contribution in [2.45, 2.75) is 12.3 Å². The second-order valence-electron chi connectivity index (χ2n) is 5.13. The summed E-state index contributed by atoms with van der Waals surface area (Å²) in [6.07, 6.45) is 0. The Bertz CT molecular complexity index is 923. The minimum atomic E-state index is -3.52. The lowest BCUT2D eigenvalue weighted by molar-refractivity contribution is 0.336. The average Bonchev–Trinajstić information content (AvgIpc) is 3.17. The first kappa shape index (κ1) is 17.1. The smallest absolute Gasteiger partial charge is 0.242 e. The quantitative estimate of drug-likeness (QED) is 0.651. The second kappa shape index (κ2) is 7.02. The fraction of sp³-hybridized carbons (Fsp3) is 0.200. The number of halogens is 1. The van der Waals surface area contributed by atoms with E-state index in [2.05, 4.69) is 10.1 Å². The molecule has 0 radical (unpaired) electrons. The Labute approximate surface area is 148 Å². The average molecular weight is 384 g/mol. The van der Waals surface area contributed by atoms with E-state index in [4.69, 9.17) is 16.1 Å². The van der Waals surface area contributed by atoms with Gasteiger partial charge in [0.1, 0.15) is 0 Å². The third-order valence-electron chi connectivity index (χ3n) is 3.28. The van der Waals surface area contributed by atoms with Crippen molar-refractivity contribution in [1.82, 2.24) is 14.4 Å². The summed E-state index contributed by atoms with van der Waals surface area (Å²) in [6.45, 7) is 0.0152. The summed E-state index contributed by atoms with van der Waals surface area (Å²) >= 11 is 7.38. The van der Waals surface area contributed by atoms with Crippen LogP contribution in [0.25, 0.3) is 10.7 Å². The molecular weight excluding hydrogens is 370 g/mol. The van der Waals surface area contributed by atoms with Gasteiger partial charge in [-0.05, 0) is 29.1 Å². The molecule has 3 rings (SSSR count). The first-order valence-corrected chi connectivity index (χ1v) is 9.85. The van der Waals surface area contributed by atoms with Gasteiger partial charge in [-0.2, -0.15) is 9.29 Å². The fourth-order valence-corrected chi connectivity index (χ4v) is 4.05. The largest absolute Gasteiger partial charge is 0.337 e. The highest BCUT2D eigenvalue weighted by molar-refractivity contribution is 7.88. The van der Waals surface area contributed by atoms with E-state index >= 15 is 0 Å². The molecule has 0 aliphatic rings. The van der Waals surface area contributed by atoms with Crippen molar-refractivity contribution in [1.29, 1.82) is 0 Å². The number of sulfonamides is 1. The van der Waals surface area contributed by atoms with Crippen LogP contribution in [0.4, 0.5) is 0 Å². The van der Waals surface area contributed by atoms with Crippen molar-refractivity contribution >= 4 is 33.0 Å². The Kier molecular flexibility index (Phi) is 5.00. The van der Waals surface area contributed by atoms with Crippen molar-refractivity contribution in [3.05, 3.63) is 58.3 Å². The number of hydrogen-bond donors (Lipinski definition) is 0. The summed E-state index contributed by atoms with van der Waals surface area (Å²) in [5.41, 5.74) is 0.624. The molecule has 0 saturated carbocycles. The molecule has 9 heteroatoms. The maximum Gasteiger partial charge on any atom is 0.242 e. The molecule has 0 aliphatic carbocycles. The fourth-order valence-electron chi connectivity index (χ4n) is 2.06. The first-order chi connectivity index (χ1) is 11.4. The molecule has 2 aromatic heterocycles. The maximum atomic E-state index is 12.4. The van der Waals surface area contributed by atoms with E-state index in [0.29, 0.717) is 16.4 Å². The lowest BCUT2D eigenvalue weighted by atomic mass is 10.2. The molecule has 0 saturated heterocycles. The van der Waals surface area contributed by atoms with Crippen LogP contribution in [0.2, 0.25) is 5.02 Å². The van der Waals surface area contributed by atoms with Gasteiger partial charge in [0.2, 0.25) is 21.7 Å². The third-order valence-corrected chi connectivity index (χ3v) is 6.16. The number of thiophene rings is 1. The van der Waals surface area contributed by atoms with Gasteiger partial charge in [0.15, 0.2) is 0 Å². The number of rotatable bonds is 6. The van der Waals surface area contributed by atoms with E-state index in [9.17, 15) is 8.42 Å². The van der Waals surface area contributed by atoms with Crippen molar-refractivity contribution in [3.63, 3.8) is 0 Å². The van der Waals surface area contributed by atoms with E-state index in [-0.39, 0.29) is 18.2 Å². The standard InChI is InChI=1S/C15H14ClN3O3S2/c1-19(24(20,21)10-11-4-2-5-12(16)8-11)9-14-17-15(18-22-14)13-6-3-7-23-13/h2-8H,9-10H2,1H3. The molecule has 1 aromatic carbocycles. The van der Waals surface area contributed by atoms with Crippen LogP contribution in [0.1, 0.15) is 11.5 Å². The Balaban J connectivity index is 1.70. The van der Waals surface area contributed by atoms with Gasteiger partial charge in [0.05, 0.1) is 17.2 Å². The van der Waals surface area contributed by atoms with Gasteiger partial charge in [-0.25, -0.2) is 8.42 Å². The molecule has 0 N–H and O–H groups in total. The number of hydrogen-bond acceptors (Lipinski definition) is 6. The van der Waals surface area contributed by atoms with E-state index in [1.54, 1.807) is 24.3 Å². The minimum absolute atomic E-state index is 0.0152. The van der Waals surface area contributed by atoms with Gasteiger partial charge < -0.3 is 4.52 Å². The molecule has 0 unspecified atom stereocenters. The topological polar surface area (TPSA) is 76.3 Å². The molecule has 0 spiro atoms. The highest BCUT2D eigenvalue weighted by Crippen LogP contribution is 2.22. The Morgan fingerprint density at radius 2 is 2.12 bits per heavy atom. The summed E-state index contributed by atoms with van der Waals surface area (Å²) in [5.74, 6) is 0.562. The lowest BCUT2D eigenvalue weighted by Gasteiger charge is -2.15. The van der Waals surface area contributed by atoms with Gasteiger partial charge in [0, 0.05) is 12.1 Å². The SMILES string of the molecule is CN(Cc1nc(-c2cccs2)no1)S(=O)(=O)Cc1cccc(Cl)c1. The van der Waals surface area contributed by atoms with Crippen molar-refractivity contribution in [2.75, 3.05) is 7.05 Å². The van der Waals surface area contributed by atoms with Crippen molar-refractivity contribution < 1.29 is 12.9 Å². The van der Waals surface area contributed by atoms with Crippen LogP contribution >= 0.6 is 22.9 Å². The third kappa shape index (κ3) is 4.02. The molecule has 2 heterocycles. The number of nitrogens with zero attached hydrogens (tertiary/aromatic N) is 3. The van der Waals surface area contributed by atoms with Crippen LogP contribution in [0.3, 0.4) is 0 Å². The summed E-state index contributed by atoms with van der Waals surface area (Å²) in [7, 11) is -2.04. The molecular formula is C15H14ClN3O3S2. The van der Waals surface area contributed by atoms with Gasteiger partial charge in [-0.1, -0.05) is 35.0 Å². The highest BCUT2D eigenvalue weighted by Gasteiger charge is 2.22. The van der Waals surface area contributed by atoms with Crippen LogP contribution < -0.4 is 0 Å². The molecule has 0 fully saturated rings. The van der Waals surface area contributed by atoms with E-state index in [1.165, 1.54) is 22.7 Å². The Morgan fingerprint density at radius 3 is 2.83 bits per heavy atom. The first-order valence-electron chi connectivity index (χ1n) is 6.99. The lowest BCUT2D eigenvalue weighted by Crippen LogP contribution is -2.27. The summed E-state index contributed by atoms with van der Waals surface area (Å²) in [6, 6.07) is 10.5. The number of aromatic nitrogens is 2. The van der Waals surface area contributed by atoms with Crippen molar-refractivity contribution in [2.24, 2.45) is 0 Å². The van der Waals surface area contributed by atoms with Gasteiger partial charge in [-0.3, -0.25) is 0 Å². The zero-order valence-corrected chi connectivity index (χ0v) is 15.1. The predicted molar refractivity (Wildman–Crippen MR) is 93.2 cm³/mol. The monoisotopic (exact) mass is 383 g/mol. The molecule has 3 aromatic rings. The minimum Gasteiger partial charge on any atom is -0.337 e. The second-order valence-corrected chi connectivity index (χ2v) is 8.59. The Morgan fingerprint density at radius 1 is 1.29 bits per heavy atom. The zero-order valence-electron chi connectivity index (χ0n) is 12.7. The number of benzene rings is 1. The maximum absolute atomic E-state index is 12.4. The van der Waals surface area contributed by atoms with E-state index in [0.717, 1.165) is 4.88 Å². The van der Waals surface area contributed by atoms with E-state index in [1.807, 2.05) is 17.5 Å². The molecule has 0 bridgehead atoms. The van der Waals surface area contributed by atoms with Crippen LogP contribution in [0.5, 0.6) is 0 Å². The Hall–Kier alpha value is -1.74. The zero-order chi connectivity index (χ0) is 17.2. The van der Waals surface area contributed by atoms with Crippen LogP contribution in [-0.4, -0.2) is 29.9 Å².